The second kappa shape index (κ2) is 5.34. The highest BCUT2D eigenvalue weighted by molar-refractivity contribution is 4.89. The van der Waals surface area contributed by atoms with Crippen molar-refractivity contribution >= 4 is 0 Å². The summed E-state index contributed by atoms with van der Waals surface area (Å²) in [7, 11) is 1.62. The summed E-state index contributed by atoms with van der Waals surface area (Å²) >= 11 is 0. The average molecular weight is 253 g/mol. The van der Waals surface area contributed by atoms with Gasteiger partial charge in [-0.05, 0) is 18.8 Å². The Hall–Kier alpha value is -0.980. The molecule has 1 saturated heterocycles. The van der Waals surface area contributed by atoms with E-state index in [0.29, 0.717) is 31.0 Å². The van der Waals surface area contributed by atoms with Crippen molar-refractivity contribution in [1.29, 1.82) is 0 Å². The molecular weight excluding hydrogens is 234 g/mol. The van der Waals surface area contributed by atoms with Gasteiger partial charge in [0, 0.05) is 20.2 Å². The number of methoxy groups -OCH3 is 1. The zero-order valence-electron chi connectivity index (χ0n) is 10.7. The van der Waals surface area contributed by atoms with Gasteiger partial charge in [-0.1, -0.05) is 5.16 Å². The summed E-state index contributed by atoms with van der Waals surface area (Å²) in [4.78, 5) is 6.62. The number of morpholine rings is 1. The van der Waals surface area contributed by atoms with Crippen LogP contribution < -0.4 is 0 Å². The molecule has 0 amide bonds. The van der Waals surface area contributed by atoms with Crippen LogP contribution >= 0.6 is 0 Å². The molecule has 1 aliphatic heterocycles. The molecule has 0 spiro atoms. The first kappa shape index (κ1) is 12.1. The number of nitrogens with zero attached hydrogens (tertiary/aromatic N) is 3. The summed E-state index contributed by atoms with van der Waals surface area (Å²) in [6.07, 6.45) is 3.04. The Morgan fingerprint density at radius 3 is 3.11 bits per heavy atom. The van der Waals surface area contributed by atoms with E-state index in [1.165, 1.54) is 12.8 Å². The molecular formula is C12H19N3O3. The van der Waals surface area contributed by atoms with Crippen LogP contribution in [0.25, 0.3) is 0 Å². The van der Waals surface area contributed by atoms with Crippen molar-refractivity contribution in [2.75, 3.05) is 26.8 Å². The lowest BCUT2D eigenvalue weighted by Crippen LogP contribution is -2.42. The van der Waals surface area contributed by atoms with E-state index in [9.17, 15) is 0 Å². The fraction of sp³-hybridized carbons (Fsp3) is 0.833. The fourth-order valence-electron chi connectivity index (χ4n) is 2.36. The highest BCUT2D eigenvalue weighted by Crippen LogP contribution is 2.35. The summed E-state index contributed by atoms with van der Waals surface area (Å²) in [5, 5.41) is 3.87. The Kier molecular flexibility index (Phi) is 3.58. The topological polar surface area (TPSA) is 60.6 Å². The van der Waals surface area contributed by atoms with Crippen LogP contribution in [0.2, 0.25) is 0 Å². The zero-order chi connectivity index (χ0) is 12.4. The van der Waals surface area contributed by atoms with Crippen molar-refractivity contribution in [2.24, 2.45) is 5.92 Å². The Morgan fingerprint density at radius 1 is 1.44 bits per heavy atom. The van der Waals surface area contributed by atoms with Crippen molar-refractivity contribution in [3.63, 3.8) is 0 Å². The molecule has 18 heavy (non-hydrogen) atoms. The average Bonchev–Trinajstić information content (AvgIpc) is 3.14. The normalized spacial score (nSPS) is 25.5. The molecule has 2 aliphatic rings. The van der Waals surface area contributed by atoms with E-state index < -0.39 is 0 Å². The smallest absolute Gasteiger partial charge is 0.240 e. The van der Waals surface area contributed by atoms with Crippen LogP contribution in [0.4, 0.5) is 0 Å². The van der Waals surface area contributed by atoms with E-state index in [2.05, 4.69) is 15.0 Å². The van der Waals surface area contributed by atoms with E-state index in [0.717, 1.165) is 25.6 Å². The molecule has 100 valence electrons. The molecule has 6 heteroatoms. The molecule has 0 N–H and O–H groups in total. The van der Waals surface area contributed by atoms with Crippen LogP contribution in [0.15, 0.2) is 4.52 Å². The maximum Gasteiger partial charge on any atom is 0.240 e. The van der Waals surface area contributed by atoms with Crippen LogP contribution in [0.3, 0.4) is 0 Å². The van der Waals surface area contributed by atoms with E-state index in [1.807, 2.05) is 0 Å². The number of hydrogen-bond donors (Lipinski definition) is 0. The molecule has 2 fully saturated rings. The minimum Gasteiger partial charge on any atom is -0.377 e. The molecule has 2 heterocycles. The Labute approximate surface area is 106 Å². The van der Waals surface area contributed by atoms with Crippen LogP contribution in [0, 0.1) is 5.92 Å². The quantitative estimate of drug-likeness (QED) is 0.774. The standard InChI is InChI=1S/C12H19N3O3/c1-16-8-11-13-12(18-14-11)7-15-4-5-17-10(6-15)9-2-3-9/h9-10H,2-8H2,1H3. The fourth-order valence-corrected chi connectivity index (χ4v) is 2.36. The molecule has 0 radical (unpaired) electrons. The summed E-state index contributed by atoms with van der Waals surface area (Å²) in [5.74, 6) is 2.05. The highest BCUT2D eigenvalue weighted by atomic mass is 16.5. The Bertz CT molecular complexity index is 392. The lowest BCUT2D eigenvalue weighted by atomic mass is 10.2. The Balaban J connectivity index is 1.54. The zero-order valence-corrected chi connectivity index (χ0v) is 10.7. The van der Waals surface area contributed by atoms with Gasteiger partial charge in [0.25, 0.3) is 0 Å². The molecule has 1 atom stereocenters. The first-order valence-corrected chi connectivity index (χ1v) is 6.49. The van der Waals surface area contributed by atoms with Crippen molar-refractivity contribution in [2.45, 2.75) is 32.1 Å². The molecule has 1 unspecified atom stereocenters. The van der Waals surface area contributed by atoms with Crippen LogP contribution in [0.1, 0.15) is 24.6 Å². The van der Waals surface area contributed by atoms with Gasteiger partial charge in [0.15, 0.2) is 5.82 Å². The predicted octanol–water partition coefficient (Wildman–Crippen LogP) is 0.827. The summed E-state index contributed by atoms with van der Waals surface area (Å²) in [5.41, 5.74) is 0. The third-order valence-electron chi connectivity index (χ3n) is 3.47. The largest absolute Gasteiger partial charge is 0.377 e. The SMILES string of the molecule is COCc1noc(CN2CCOC(C3CC3)C2)n1. The second-order valence-electron chi connectivity index (χ2n) is 5.02. The maximum atomic E-state index is 5.79. The van der Waals surface area contributed by atoms with Gasteiger partial charge in [0.05, 0.1) is 19.3 Å². The number of aromatic nitrogens is 2. The summed E-state index contributed by atoms with van der Waals surface area (Å²) < 4.78 is 16.0. The van der Waals surface area contributed by atoms with Crippen LogP contribution in [-0.2, 0) is 22.6 Å². The maximum absolute atomic E-state index is 5.79. The predicted molar refractivity (Wildman–Crippen MR) is 62.8 cm³/mol. The van der Waals surface area contributed by atoms with Gasteiger partial charge in [-0.2, -0.15) is 4.98 Å². The minimum absolute atomic E-state index is 0.400. The molecule has 1 saturated carbocycles. The van der Waals surface area contributed by atoms with Crippen molar-refractivity contribution in [3.05, 3.63) is 11.7 Å². The number of hydrogen-bond acceptors (Lipinski definition) is 6. The Morgan fingerprint density at radius 2 is 2.33 bits per heavy atom. The van der Waals surface area contributed by atoms with E-state index in [-0.39, 0.29) is 0 Å². The van der Waals surface area contributed by atoms with Gasteiger partial charge in [0.2, 0.25) is 5.89 Å². The van der Waals surface area contributed by atoms with Gasteiger partial charge < -0.3 is 14.0 Å². The molecule has 6 nitrogen and oxygen atoms in total. The lowest BCUT2D eigenvalue weighted by Gasteiger charge is -2.32. The van der Waals surface area contributed by atoms with Crippen LogP contribution in [0.5, 0.6) is 0 Å². The molecule has 0 bridgehead atoms. The van der Waals surface area contributed by atoms with Gasteiger partial charge in [-0.3, -0.25) is 4.90 Å². The number of rotatable bonds is 5. The van der Waals surface area contributed by atoms with Crippen molar-refractivity contribution in [3.8, 4) is 0 Å². The van der Waals surface area contributed by atoms with Gasteiger partial charge >= 0.3 is 0 Å². The molecule has 1 aromatic rings. The molecule has 3 rings (SSSR count). The van der Waals surface area contributed by atoms with Gasteiger partial charge in [-0.15, -0.1) is 0 Å². The monoisotopic (exact) mass is 253 g/mol. The third-order valence-corrected chi connectivity index (χ3v) is 3.47. The van der Waals surface area contributed by atoms with Gasteiger partial charge in [-0.25, -0.2) is 0 Å². The van der Waals surface area contributed by atoms with E-state index in [4.69, 9.17) is 14.0 Å². The summed E-state index contributed by atoms with van der Waals surface area (Å²) in [6.45, 7) is 3.83. The second-order valence-corrected chi connectivity index (χ2v) is 5.02. The first-order valence-electron chi connectivity index (χ1n) is 6.49. The van der Waals surface area contributed by atoms with E-state index >= 15 is 0 Å². The van der Waals surface area contributed by atoms with Gasteiger partial charge in [0.1, 0.15) is 6.61 Å². The number of ether oxygens (including phenoxy) is 2. The van der Waals surface area contributed by atoms with E-state index in [1.54, 1.807) is 7.11 Å². The molecule has 0 aromatic carbocycles. The van der Waals surface area contributed by atoms with Crippen molar-refractivity contribution < 1.29 is 14.0 Å². The summed E-state index contributed by atoms with van der Waals surface area (Å²) in [6, 6.07) is 0. The first-order chi connectivity index (χ1) is 8.85. The molecule has 1 aliphatic carbocycles. The third kappa shape index (κ3) is 2.88. The lowest BCUT2D eigenvalue weighted by molar-refractivity contribution is -0.0442. The van der Waals surface area contributed by atoms with Crippen LogP contribution in [-0.4, -0.2) is 48.0 Å². The molecule has 1 aromatic heterocycles. The minimum atomic E-state index is 0.400. The van der Waals surface area contributed by atoms with Crippen molar-refractivity contribution in [1.82, 2.24) is 15.0 Å². The highest BCUT2D eigenvalue weighted by Gasteiger charge is 2.35.